The molecule has 0 fully saturated rings. The summed E-state index contributed by atoms with van der Waals surface area (Å²) in [5.41, 5.74) is -0.193. The van der Waals surface area contributed by atoms with E-state index in [0.29, 0.717) is 18.8 Å². The average molecular weight is 409 g/mol. The molecular formula is C19H24FN3O4S. The zero-order valence-electron chi connectivity index (χ0n) is 16.1. The Bertz CT molecular complexity index is 902. The van der Waals surface area contributed by atoms with E-state index in [9.17, 15) is 17.6 Å². The SMILES string of the molecule is COc1ccc(S(=O)(=O)N(CC(=O)NCCN(C)C)c2ccccc2F)cc1. The molecule has 9 heteroatoms. The standard InChI is InChI=1S/C19H24FN3O4S/c1-22(2)13-12-21-19(24)14-23(18-7-5-4-6-17(18)20)28(25,26)16-10-8-15(27-3)9-11-16/h4-11H,12-14H2,1-3H3,(H,21,24). The van der Waals surface area contributed by atoms with Crippen molar-refractivity contribution < 1.29 is 22.3 Å². The monoisotopic (exact) mass is 409 g/mol. The van der Waals surface area contributed by atoms with Gasteiger partial charge in [-0.2, -0.15) is 0 Å². The summed E-state index contributed by atoms with van der Waals surface area (Å²) < 4.78 is 46.4. The molecule has 0 unspecified atom stereocenters. The van der Waals surface area contributed by atoms with Gasteiger partial charge >= 0.3 is 0 Å². The molecule has 152 valence electrons. The second-order valence-electron chi connectivity index (χ2n) is 6.29. The molecule has 0 aliphatic heterocycles. The van der Waals surface area contributed by atoms with Crippen LogP contribution in [0.25, 0.3) is 0 Å². The lowest BCUT2D eigenvalue weighted by Crippen LogP contribution is -2.42. The van der Waals surface area contributed by atoms with Crippen molar-refractivity contribution in [1.29, 1.82) is 0 Å². The van der Waals surface area contributed by atoms with E-state index in [-0.39, 0.29) is 10.6 Å². The number of anilines is 1. The summed E-state index contributed by atoms with van der Waals surface area (Å²) in [6, 6.07) is 11.1. The number of nitrogens with one attached hydrogen (secondary N) is 1. The molecule has 0 bridgehead atoms. The van der Waals surface area contributed by atoms with Crippen molar-refractivity contribution in [3.8, 4) is 5.75 Å². The number of methoxy groups -OCH3 is 1. The Balaban J connectivity index is 2.34. The summed E-state index contributed by atoms with van der Waals surface area (Å²) in [6.45, 7) is 0.402. The maximum atomic E-state index is 14.3. The van der Waals surface area contributed by atoms with Crippen molar-refractivity contribution in [2.45, 2.75) is 4.90 Å². The number of benzene rings is 2. The van der Waals surface area contributed by atoms with Crippen molar-refractivity contribution in [2.75, 3.05) is 45.1 Å². The van der Waals surface area contributed by atoms with E-state index in [2.05, 4.69) is 5.32 Å². The lowest BCUT2D eigenvalue weighted by atomic mass is 10.3. The summed E-state index contributed by atoms with van der Waals surface area (Å²) >= 11 is 0. The number of sulfonamides is 1. The number of hydrogen-bond donors (Lipinski definition) is 1. The highest BCUT2D eigenvalue weighted by Crippen LogP contribution is 2.27. The molecule has 0 radical (unpaired) electrons. The number of hydrogen-bond acceptors (Lipinski definition) is 5. The Hall–Kier alpha value is -2.65. The maximum absolute atomic E-state index is 14.3. The number of carbonyl (C=O) groups is 1. The lowest BCUT2D eigenvalue weighted by molar-refractivity contribution is -0.119. The smallest absolute Gasteiger partial charge is 0.264 e. The van der Waals surface area contributed by atoms with Crippen LogP contribution in [0.15, 0.2) is 53.4 Å². The average Bonchev–Trinajstić information content (AvgIpc) is 2.66. The number of nitrogens with zero attached hydrogens (tertiary/aromatic N) is 2. The molecule has 0 aliphatic carbocycles. The van der Waals surface area contributed by atoms with Crippen molar-refractivity contribution in [3.63, 3.8) is 0 Å². The van der Waals surface area contributed by atoms with E-state index in [1.54, 1.807) is 0 Å². The van der Waals surface area contributed by atoms with E-state index >= 15 is 0 Å². The topological polar surface area (TPSA) is 79.0 Å². The lowest BCUT2D eigenvalue weighted by Gasteiger charge is -2.24. The van der Waals surface area contributed by atoms with Gasteiger partial charge in [-0.3, -0.25) is 9.10 Å². The second kappa shape index (κ2) is 9.52. The van der Waals surface area contributed by atoms with Crippen LogP contribution in [0.1, 0.15) is 0 Å². The highest BCUT2D eigenvalue weighted by atomic mass is 32.2. The summed E-state index contributed by atoms with van der Waals surface area (Å²) in [7, 11) is 1.00. The molecule has 7 nitrogen and oxygen atoms in total. The van der Waals surface area contributed by atoms with Gasteiger partial charge in [0.15, 0.2) is 0 Å². The minimum atomic E-state index is -4.17. The predicted octanol–water partition coefficient (Wildman–Crippen LogP) is 1.71. The van der Waals surface area contributed by atoms with Crippen molar-refractivity contribution in [2.24, 2.45) is 0 Å². The third-order valence-electron chi connectivity index (χ3n) is 3.94. The third kappa shape index (κ3) is 5.43. The number of rotatable bonds is 9. The number of carbonyl (C=O) groups excluding carboxylic acids is 1. The summed E-state index contributed by atoms with van der Waals surface area (Å²) in [5, 5.41) is 2.65. The van der Waals surface area contributed by atoms with Crippen molar-refractivity contribution in [3.05, 3.63) is 54.3 Å². The van der Waals surface area contributed by atoms with Gasteiger partial charge in [0.2, 0.25) is 5.91 Å². The number of amides is 1. The first-order valence-electron chi connectivity index (χ1n) is 8.58. The van der Waals surface area contributed by atoms with Gasteiger partial charge in [-0.1, -0.05) is 12.1 Å². The fourth-order valence-electron chi connectivity index (χ4n) is 2.43. The first-order valence-corrected chi connectivity index (χ1v) is 10.0. The first kappa shape index (κ1) is 21.6. The maximum Gasteiger partial charge on any atom is 0.264 e. The molecular weight excluding hydrogens is 385 g/mol. The predicted molar refractivity (Wildman–Crippen MR) is 105 cm³/mol. The first-order chi connectivity index (χ1) is 13.3. The van der Waals surface area contributed by atoms with E-state index in [0.717, 1.165) is 10.4 Å². The molecule has 1 N–H and O–H groups in total. The summed E-state index contributed by atoms with van der Waals surface area (Å²) in [4.78, 5) is 14.1. The Morgan fingerprint density at radius 2 is 1.75 bits per heavy atom. The quantitative estimate of drug-likeness (QED) is 0.682. The zero-order chi connectivity index (χ0) is 20.7. The number of likely N-dealkylation sites (N-methyl/N-ethyl adjacent to an activating group) is 1. The van der Waals surface area contributed by atoms with Crippen LogP contribution in [0.5, 0.6) is 5.75 Å². The molecule has 0 aromatic heterocycles. The van der Waals surface area contributed by atoms with Crippen molar-refractivity contribution in [1.82, 2.24) is 10.2 Å². The van der Waals surface area contributed by atoms with Gasteiger partial charge in [-0.25, -0.2) is 12.8 Å². The molecule has 0 spiro atoms. The van der Waals surface area contributed by atoms with Crippen LogP contribution in [0.3, 0.4) is 0 Å². The zero-order valence-corrected chi connectivity index (χ0v) is 16.9. The van der Waals surface area contributed by atoms with Crippen LogP contribution >= 0.6 is 0 Å². The normalized spacial score (nSPS) is 11.3. The molecule has 2 aromatic carbocycles. The Kier molecular flexibility index (Phi) is 7.36. The van der Waals surface area contributed by atoms with Gasteiger partial charge in [-0.15, -0.1) is 0 Å². The van der Waals surface area contributed by atoms with E-state index in [4.69, 9.17) is 4.74 Å². The molecule has 1 amide bonds. The van der Waals surface area contributed by atoms with E-state index in [1.807, 2.05) is 19.0 Å². The van der Waals surface area contributed by atoms with Crippen LogP contribution in [0, 0.1) is 5.82 Å². The highest BCUT2D eigenvalue weighted by molar-refractivity contribution is 7.92. The van der Waals surface area contributed by atoms with Gasteiger partial charge in [0.05, 0.1) is 17.7 Å². The van der Waals surface area contributed by atoms with Crippen LogP contribution in [-0.4, -0.2) is 60.1 Å². The highest BCUT2D eigenvalue weighted by Gasteiger charge is 2.29. The van der Waals surface area contributed by atoms with Gasteiger partial charge in [0.1, 0.15) is 18.1 Å². The van der Waals surface area contributed by atoms with Crippen LogP contribution < -0.4 is 14.4 Å². The van der Waals surface area contributed by atoms with Gasteiger partial charge in [0.25, 0.3) is 10.0 Å². The molecule has 0 atom stereocenters. The summed E-state index contributed by atoms with van der Waals surface area (Å²) in [6.07, 6.45) is 0. The van der Waals surface area contributed by atoms with Crippen LogP contribution in [0.2, 0.25) is 0 Å². The minimum absolute atomic E-state index is 0.0716. The van der Waals surface area contributed by atoms with Gasteiger partial charge in [0, 0.05) is 13.1 Å². The number of halogens is 1. The van der Waals surface area contributed by atoms with Crippen molar-refractivity contribution >= 4 is 21.6 Å². The molecule has 28 heavy (non-hydrogen) atoms. The fraction of sp³-hybridized carbons (Fsp3) is 0.316. The van der Waals surface area contributed by atoms with Gasteiger partial charge < -0.3 is 15.0 Å². The Morgan fingerprint density at radius 3 is 2.32 bits per heavy atom. The van der Waals surface area contributed by atoms with Gasteiger partial charge in [-0.05, 0) is 50.5 Å². The minimum Gasteiger partial charge on any atom is -0.497 e. The van der Waals surface area contributed by atoms with Crippen LogP contribution in [-0.2, 0) is 14.8 Å². The number of para-hydroxylation sites is 1. The molecule has 2 rings (SSSR count). The molecule has 0 saturated carbocycles. The molecule has 0 saturated heterocycles. The number of ether oxygens (including phenoxy) is 1. The molecule has 0 heterocycles. The Labute approximate surface area is 164 Å². The second-order valence-corrected chi connectivity index (χ2v) is 8.15. The Morgan fingerprint density at radius 1 is 1.11 bits per heavy atom. The molecule has 0 aliphatic rings. The van der Waals surface area contributed by atoms with E-state index < -0.39 is 28.3 Å². The largest absolute Gasteiger partial charge is 0.497 e. The fourth-order valence-corrected chi connectivity index (χ4v) is 3.86. The molecule has 2 aromatic rings. The third-order valence-corrected chi connectivity index (χ3v) is 5.71. The van der Waals surface area contributed by atoms with Crippen LogP contribution in [0.4, 0.5) is 10.1 Å². The van der Waals surface area contributed by atoms with E-state index in [1.165, 1.54) is 49.6 Å². The summed E-state index contributed by atoms with van der Waals surface area (Å²) in [5.74, 6) is -0.777.